The van der Waals surface area contributed by atoms with Gasteiger partial charge in [0, 0.05) is 36.0 Å². The fraction of sp³-hybridized carbons (Fsp3) is 0.333. The summed E-state index contributed by atoms with van der Waals surface area (Å²) in [5.74, 6) is 0.435. The van der Waals surface area contributed by atoms with Crippen LogP contribution in [0.15, 0.2) is 45.6 Å². The zero-order chi connectivity index (χ0) is 22.0. The molecule has 1 aliphatic heterocycles. The van der Waals surface area contributed by atoms with E-state index in [0.717, 1.165) is 27.6 Å². The minimum Gasteiger partial charge on any atom is -0.477 e. The van der Waals surface area contributed by atoms with E-state index in [1.807, 2.05) is 37.3 Å². The van der Waals surface area contributed by atoms with Crippen molar-refractivity contribution in [2.75, 3.05) is 13.3 Å². The Hall–Kier alpha value is -2.83. The summed E-state index contributed by atoms with van der Waals surface area (Å²) in [7, 11) is 0. The average molecular weight is 442 g/mol. The number of nitrogens with zero attached hydrogens (tertiary/aromatic N) is 1. The number of carbonyl (C=O) groups excluding carboxylic acids is 1. The van der Waals surface area contributed by atoms with Crippen molar-refractivity contribution in [1.29, 1.82) is 0 Å². The SMILES string of the molecule is CCOC(=O)CCc1cc2c(C)cc(=O)oc2c2c1OCN(Cc1ccccc1Cl)C2. The average Bonchev–Trinajstić information content (AvgIpc) is 2.74. The summed E-state index contributed by atoms with van der Waals surface area (Å²) in [4.78, 5) is 26.1. The molecular weight excluding hydrogens is 418 g/mol. The molecule has 0 aliphatic carbocycles. The fourth-order valence-electron chi connectivity index (χ4n) is 3.93. The lowest BCUT2D eigenvalue weighted by Crippen LogP contribution is -2.32. The molecule has 31 heavy (non-hydrogen) atoms. The topological polar surface area (TPSA) is 69.0 Å². The Kier molecular flexibility index (Phi) is 6.30. The quantitative estimate of drug-likeness (QED) is 0.411. The molecule has 0 amide bonds. The van der Waals surface area contributed by atoms with E-state index in [1.165, 1.54) is 6.07 Å². The summed E-state index contributed by atoms with van der Waals surface area (Å²) in [6.07, 6.45) is 0.745. The number of hydrogen-bond donors (Lipinski definition) is 0. The fourth-order valence-corrected chi connectivity index (χ4v) is 4.13. The highest BCUT2D eigenvalue weighted by molar-refractivity contribution is 6.31. The lowest BCUT2D eigenvalue weighted by molar-refractivity contribution is -0.143. The van der Waals surface area contributed by atoms with Crippen LogP contribution in [0.5, 0.6) is 5.75 Å². The van der Waals surface area contributed by atoms with E-state index < -0.39 is 5.63 Å². The third kappa shape index (κ3) is 4.60. The van der Waals surface area contributed by atoms with Crippen molar-refractivity contribution in [2.24, 2.45) is 0 Å². The van der Waals surface area contributed by atoms with Crippen molar-refractivity contribution in [1.82, 2.24) is 4.90 Å². The van der Waals surface area contributed by atoms with E-state index in [2.05, 4.69) is 4.90 Å². The highest BCUT2D eigenvalue weighted by atomic mass is 35.5. The largest absolute Gasteiger partial charge is 0.477 e. The third-order valence-corrected chi connectivity index (χ3v) is 5.76. The van der Waals surface area contributed by atoms with Crippen LogP contribution in [-0.4, -0.2) is 24.2 Å². The van der Waals surface area contributed by atoms with Crippen LogP contribution in [0, 0.1) is 6.92 Å². The molecule has 4 rings (SSSR count). The van der Waals surface area contributed by atoms with Gasteiger partial charge in [-0.1, -0.05) is 29.8 Å². The van der Waals surface area contributed by atoms with Crippen molar-refractivity contribution >= 4 is 28.5 Å². The second-order valence-corrected chi connectivity index (χ2v) is 8.03. The summed E-state index contributed by atoms with van der Waals surface area (Å²) in [5.41, 5.74) is 3.69. The van der Waals surface area contributed by atoms with Crippen molar-refractivity contribution in [2.45, 2.75) is 39.8 Å². The summed E-state index contributed by atoms with van der Waals surface area (Å²) in [5, 5.41) is 1.55. The van der Waals surface area contributed by atoms with Gasteiger partial charge in [-0.2, -0.15) is 0 Å². The molecule has 0 fully saturated rings. The first-order valence-electron chi connectivity index (χ1n) is 10.3. The summed E-state index contributed by atoms with van der Waals surface area (Å²) in [6.45, 7) is 5.53. The Morgan fingerprint density at radius 2 is 2.03 bits per heavy atom. The first-order valence-corrected chi connectivity index (χ1v) is 10.7. The molecule has 3 aromatic rings. The molecule has 7 heteroatoms. The van der Waals surface area contributed by atoms with Crippen LogP contribution in [0.25, 0.3) is 11.0 Å². The molecule has 0 atom stereocenters. The Bertz CT molecular complexity index is 1190. The number of ether oxygens (including phenoxy) is 2. The van der Waals surface area contributed by atoms with Crippen LogP contribution >= 0.6 is 11.6 Å². The number of aryl methyl sites for hydroxylation is 2. The van der Waals surface area contributed by atoms with Crippen LogP contribution in [-0.2, 0) is 29.0 Å². The van der Waals surface area contributed by atoms with Gasteiger partial charge in [-0.25, -0.2) is 4.79 Å². The van der Waals surface area contributed by atoms with Crippen LogP contribution in [0.1, 0.15) is 35.6 Å². The summed E-state index contributed by atoms with van der Waals surface area (Å²) < 4.78 is 16.8. The summed E-state index contributed by atoms with van der Waals surface area (Å²) in [6, 6.07) is 11.1. The maximum absolute atomic E-state index is 12.1. The van der Waals surface area contributed by atoms with E-state index in [4.69, 9.17) is 25.5 Å². The van der Waals surface area contributed by atoms with Gasteiger partial charge in [0.2, 0.25) is 0 Å². The lowest BCUT2D eigenvalue weighted by Gasteiger charge is -2.31. The van der Waals surface area contributed by atoms with Crippen LogP contribution < -0.4 is 10.4 Å². The molecule has 6 nitrogen and oxygen atoms in total. The minimum absolute atomic E-state index is 0.246. The van der Waals surface area contributed by atoms with Crippen molar-refractivity contribution < 1.29 is 18.7 Å². The molecule has 162 valence electrons. The molecule has 1 aromatic heterocycles. The first-order chi connectivity index (χ1) is 15.0. The highest BCUT2D eigenvalue weighted by Gasteiger charge is 2.26. The number of halogens is 1. The predicted molar refractivity (Wildman–Crippen MR) is 118 cm³/mol. The van der Waals surface area contributed by atoms with Gasteiger partial charge in [0.05, 0.1) is 12.2 Å². The number of benzene rings is 2. The maximum atomic E-state index is 12.1. The molecular formula is C24H24ClNO5. The van der Waals surface area contributed by atoms with Gasteiger partial charge in [-0.3, -0.25) is 9.69 Å². The maximum Gasteiger partial charge on any atom is 0.336 e. The van der Waals surface area contributed by atoms with E-state index in [1.54, 1.807) is 6.92 Å². The number of rotatable bonds is 6. The molecule has 0 spiro atoms. The number of fused-ring (bicyclic) bond motifs is 3. The zero-order valence-electron chi connectivity index (χ0n) is 17.6. The second-order valence-electron chi connectivity index (χ2n) is 7.63. The van der Waals surface area contributed by atoms with Gasteiger partial charge < -0.3 is 13.9 Å². The minimum atomic E-state index is -0.394. The Balaban J connectivity index is 1.72. The number of carbonyl (C=O) groups is 1. The highest BCUT2D eigenvalue weighted by Crippen LogP contribution is 2.37. The molecule has 2 heterocycles. The van der Waals surface area contributed by atoms with Gasteiger partial charge >= 0.3 is 11.6 Å². The third-order valence-electron chi connectivity index (χ3n) is 5.39. The summed E-state index contributed by atoms with van der Waals surface area (Å²) >= 11 is 6.33. The van der Waals surface area contributed by atoms with Gasteiger partial charge in [0.25, 0.3) is 0 Å². The van der Waals surface area contributed by atoms with Crippen molar-refractivity contribution in [3.63, 3.8) is 0 Å². The molecule has 1 aliphatic rings. The standard InChI is InChI=1S/C24H24ClNO5/c1-3-29-21(27)9-8-16-11-18-15(2)10-22(28)31-24(18)19-13-26(14-30-23(16)19)12-17-6-4-5-7-20(17)25/h4-7,10-11H,3,8-9,12-14H2,1-2H3. The molecule has 0 saturated heterocycles. The van der Waals surface area contributed by atoms with Crippen molar-refractivity contribution in [3.8, 4) is 5.75 Å². The molecule has 2 aromatic carbocycles. The van der Waals surface area contributed by atoms with Gasteiger partial charge in [-0.05, 0) is 49.1 Å². The molecule has 0 N–H and O–H groups in total. The van der Waals surface area contributed by atoms with E-state index in [-0.39, 0.29) is 12.4 Å². The Morgan fingerprint density at radius 1 is 1.23 bits per heavy atom. The van der Waals surface area contributed by atoms with Crippen molar-refractivity contribution in [3.05, 3.63) is 74.1 Å². The smallest absolute Gasteiger partial charge is 0.336 e. The predicted octanol–water partition coefficient (Wildman–Crippen LogP) is 4.60. The molecule has 0 radical (unpaired) electrons. The van der Waals surface area contributed by atoms with E-state index >= 15 is 0 Å². The van der Waals surface area contributed by atoms with Crippen LogP contribution in [0.2, 0.25) is 5.02 Å². The Morgan fingerprint density at radius 3 is 2.81 bits per heavy atom. The van der Waals surface area contributed by atoms with Gasteiger partial charge in [0.15, 0.2) is 0 Å². The van der Waals surface area contributed by atoms with Gasteiger partial charge in [0.1, 0.15) is 18.1 Å². The zero-order valence-corrected chi connectivity index (χ0v) is 18.3. The van der Waals surface area contributed by atoms with Crippen LogP contribution in [0.3, 0.4) is 0 Å². The Labute approximate surface area is 185 Å². The van der Waals surface area contributed by atoms with E-state index in [9.17, 15) is 9.59 Å². The van der Waals surface area contributed by atoms with E-state index in [0.29, 0.717) is 49.2 Å². The normalized spacial score (nSPS) is 13.6. The molecule has 0 bridgehead atoms. The van der Waals surface area contributed by atoms with Gasteiger partial charge in [-0.15, -0.1) is 0 Å². The molecule has 0 unspecified atom stereocenters. The van der Waals surface area contributed by atoms with Crippen LogP contribution in [0.4, 0.5) is 0 Å². The molecule has 0 saturated carbocycles. The number of esters is 1. The monoisotopic (exact) mass is 441 g/mol. The lowest BCUT2D eigenvalue weighted by atomic mass is 9.97. The first kappa shape index (κ1) is 21.4. The number of hydrogen-bond acceptors (Lipinski definition) is 6. The second kappa shape index (κ2) is 9.12.